The van der Waals surface area contributed by atoms with Crippen LogP contribution in [0.2, 0.25) is 0 Å². The van der Waals surface area contributed by atoms with Gasteiger partial charge in [-0.3, -0.25) is 9.59 Å². The van der Waals surface area contributed by atoms with Crippen LogP contribution in [0.5, 0.6) is 0 Å². The molecule has 2 rings (SSSR count). The highest BCUT2D eigenvalue weighted by atomic mass is 16.5. The summed E-state index contributed by atoms with van der Waals surface area (Å²) in [4.78, 5) is 40.7. The number of carbonyl (C=O) groups is 2. The van der Waals surface area contributed by atoms with Crippen molar-refractivity contribution in [1.29, 1.82) is 0 Å². The lowest BCUT2D eigenvalue weighted by molar-refractivity contribution is -0.128. The molecule has 0 bridgehead atoms. The Labute approximate surface area is 158 Å². The molecule has 4 N–H and O–H groups in total. The van der Waals surface area contributed by atoms with Crippen molar-refractivity contribution in [1.82, 2.24) is 20.6 Å². The third kappa shape index (κ3) is 6.51. The molecule has 0 spiro atoms. The summed E-state index contributed by atoms with van der Waals surface area (Å²) in [5, 5.41) is 5.82. The fraction of sp³-hybridized carbons (Fsp3) is 0.722. The highest BCUT2D eigenvalue weighted by Crippen LogP contribution is 2.27. The molecule has 0 saturated heterocycles. The molecule has 2 amide bonds. The number of ether oxygens (including phenoxy) is 2. The first-order chi connectivity index (χ1) is 13.0. The zero-order valence-corrected chi connectivity index (χ0v) is 16.0. The summed E-state index contributed by atoms with van der Waals surface area (Å²) in [6.45, 7) is 6.11. The number of aromatic amines is 2. The van der Waals surface area contributed by atoms with Crippen molar-refractivity contribution >= 4 is 11.8 Å². The number of amides is 2. The Morgan fingerprint density at radius 2 is 2.07 bits per heavy atom. The lowest BCUT2D eigenvalue weighted by Gasteiger charge is -2.35. The summed E-state index contributed by atoms with van der Waals surface area (Å²) in [5.74, 6) is -0.503. The third-order valence-corrected chi connectivity index (χ3v) is 4.61. The van der Waals surface area contributed by atoms with Gasteiger partial charge in [0.25, 0.3) is 5.91 Å². The standard InChI is InChI=1S/C18H30N4O5/c1-3-8-27-15-10-12(16(23)19-7-9-26-4-2)5-6-13(15)21-17(24)14-11-20-18(25)22-14/h11-13,15H,3-10H2,1-2H3,(H,19,23)(H,21,24)(H2,20,22,25)/t12-,13+,15+/m0/s1. The maximum atomic E-state index is 12.4. The van der Waals surface area contributed by atoms with E-state index < -0.39 is 5.69 Å². The molecule has 0 aromatic carbocycles. The quantitative estimate of drug-likeness (QED) is 0.440. The van der Waals surface area contributed by atoms with Crippen LogP contribution in [0.15, 0.2) is 11.0 Å². The molecule has 9 nitrogen and oxygen atoms in total. The van der Waals surface area contributed by atoms with E-state index in [1.165, 1.54) is 6.20 Å². The van der Waals surface area contributed by atoms with Gasteiger partial charge in [-0.2, -0.15) is 0 Å². The maximum absolute atomic E-state index is 12.4. The summed E-state index contributed by atoms with van der Waals surface area (Å²) in [7, 11) is 0. The van der Waals surface area contributed by atoms with Gasteiger partial charge in [0.05, 0.1) is 18.8 Å². The Kier molecular flexibility index (Phi) is 8.53. The van der Waals surface area contributed by atoms with Gasteiger partial charge in [0, 0.05) is 31.9 Å². The second kappa shape index (κ2) is 10.9. The Morgan fingerprint density at radius 1 is 1.26 bits per heavy atom. The number of imidazole rings is 1. The molecule has 1 aromatic rings. The first-order valence-corrected chi connectivity index (χ1v) is 9.60. The number of rotatable bonds is 10. The number of aromatic nitrogens is 2. The third-order valence-electron chi connectivity index (χ3n) is 4.61. The van der Waals surface area contributed by atoms with Crippen LogP contribution in [0.3, 0.4) is 0 Å². The number of hydrogen-bond acceptors (Lipinski definition) is 5. The van der Waals surface area contributed by atoms with Gasteiger partial charge in [0.15, 0.2) is 0 Å². The minimum atomic E-state index is -0.425. The Morgan fingerprint density at radius 3 is 2.74 bits per heavy atom. The first-order valence-electron chi connectivity index (χ1n) is 9.60. The van der Waals surface area contributed by atoms with Gasteiger partial charge < -0.3 is 30.1 Å². The van der Waals surface area contributed by atoms with Crippen molar-refractivity contribution in [2.75, 3.05) is 26.4 Å². The van der Waals surface area contributed by atoms with E-state index in [1.807, 2.05) is 13.8 Å². The Balaban J connectivity index is 1.91. The number of H-pyrrole nitrogens is 2. The predicted octanol–water partition coefficient (Wildman–Crippen LogP) is 0.549. The van der Waals surface area contributed by atoms with Crippen molar-refractivity contribution in [3.05, 3.63) is 22.4 Å². The van der Waals surface area contributed by atoms with Gasteiger partial charge in [-0.1, -0.05) is 6.92 Å². The van der Waals surface area contributed by atoms with E-state index in [0.29, 0.717) is 45.6 Å². The lowest BCUT2D eigenvalue weighted by atomic mass is 9.83. The zero-order valence-electron chi connectivity index (χ0n) is 16.0. The summed E-state index contributed by atoms with van der Waals surface area (Å²) < 4.78 is 11.1. The monoisotopic (exact) mass is 382 g/mol. The molecule has 3 atom stereocenters. The normalized spacial score (nSPS) is 22.4. The minimum Gasteiger partial charge on any atom is -0.380 e. The van der Waals surface area contributed by atoms with Crippen LogP contribution in [0.1, 0.15) is 50.0 Å². The molecule has 0 unspecified atom stereocenters. The van der Waals surface area contributed by atoms with Crippen LogP contribution in [0.4, 0.5) is 0 Å². The predicted molar refractivity (Wildman–Crippen MR) is 99.5 cm³/mol. The molecule has 1 aliphatic carbocycles. The van der Waals surface area contributed by atoms with Crippen molar-refractivity contribution < 1.29 is 19.1 Å². The molecule has 0 radical (unpaired) electrons. The van der Waals surface area contributed by atoms with Gasteiger partial charge in [-0.25, -0.2) is 4.79 Å². The fourth-order valence-electron chi connectivity index (χ4n) is 3.22. The van der Waals surface area contributed by atoms with Crippen molar-refractivity contribution in [3.8, 4) is 0 Å². The highest BCUT2D eigenvalue weighted by Gasteiger charge is 2.35. The molecule has 152 valence electrons. The molecular formula is C18H30N4O5. The van der Waals surface area contributed by atoms with Crippen LogP contribution < -0.4 is 16.3 Å². The van der Waals surface area contributed by atoms with Crippen molar-refractivity contribution in [2.24, 2.45) is 5.92 Å². The van der Waals surface area contributed by atoms with E-state index in [0.717, 1.165) is 6.42 Å². The molecule has 1 heterocycles. The maximum Gasteiger partial charge on any atom is 0.323 e. The zero-order chi connectivity index (χ0) is 19.6. The van der Waals surface area contributed by atoms with Gasteiger partial charge >= 0.3 is 5.69 Å². The van der Waals surface area contributed by atoms with E-state index in [-0.39, 0.29) is 35.6 Å². The molecule has 1 aromatic heterocycles. The molecular weight excluding hydrogens is 352 g/mol. The number of nitrogens with one attached hydrogen (secondary N) is 4. The van der Waals surface area contributed by atoms with Crippen molar-refractivity contribution in [3.63, 3.8) is 0 Å². The average Bonchev–Trinajstić information content (AvgIpc) is 3.10. The van der Waals surface area contributed by atoms with Gasteiger partial charge in [0.2, 0.25) is 5.91 Å². The summed E-state index contributed by atoms with van der Waals surface area (Å²) in [6, 6.07) is -0.199. The largest absolute Gasteiger partial charge is 0.380 e. The topological polar surface area (TPSA) is 125 Å². The van der Waals surface area contributed by atoms with Gasteiger partial charge in [0.1, 0.15) is 5.69 Å². The molecule has 0 aliphatic heterocycles. The SMILES string of the molecule is CCCO[C@@H]1C[C@@H](C(=O)NCCOCC)CC[C@H]1NC(=O)c1c[nH]c(=O)[nH]1. The van der Waals surface area contributed by atoms with E-state index in [2.05, 4.69) is 20.6 Å². The molecule has 1 aliphatic rings. The minimum absolute atomic E-state index is 0.000423. The number of carbonyl (C=O) groups excluding carboxylic acids is 2. The van der Waals surface area contributed by atoms with E-state index >= 15 is 0 Å². The molecule has 9 heteroatoms. The van der Waals surface area contributed by atoms with Gasteiger partial charge in [-0.15, -0.1) is 0 Å². The Hall–Kier alpha value is -2.13. The highest BCUT2D eigenvalue weighted by molar-refractivity contribution is 5.92. The second-order valence-corrected chi connectivity index (χ2v) is 6.64. The summed E-state index contributed by atoms with van der Waals surface area (Å²) in [6.07, 6.45) is 3.81. The fourth-order valence-corrected chi connectivity index (χ4v) is 3.22. The first kappa shape index (κ1) is 21.2. The average molecular weight is 382 g/mol. The van der Waals surface area contributed by atoms with Gasteiger partial charge in [-0.05, 0) is 32.6 Å². The summed E-state index contributed by atoms with van der Waals surface area (Å²) in [5.41, 5.74) is -0.239. The van der Waals surface area contributed by atoms with Crippen LogP contribution >= 0.6 is 0 Å². The molecule has 1 saturated carbocycles. The van der Waals surface area contributed by atoms with E-state index in [4.69, 9.17) is 9.47 Å². The van der Waals surface area contributed by atoms with E-state index in [1.54, 1.807) is 0 Å². The smallest absolute Gasteiger partial charge is 0.323 e. The van der Waals surface area contributed by atoms with Crippen LogP contribution in [-0.2, 0) is 14.3 Å². The summed E-state index contributed by atoms with van der Waals surface area (Å²) >= 11 is 0. The van der Waals surface area contributed by atoms with Crippen molar-refractivity contribution in [2.45, 2.75) is 51.7 Å². The second-order valence-electron chi connectivity index (χ2n) is 6.64. The van der Waals surface area contributed by atoms with E-state index in [9.17, 15) is 14.4 Å². The van der Waals surface area contributed by atoms with Crippen LogP contribution in [0.25, 0.3) is 0 Å². The molecule has 27 heavy (non-hydrogen) atoms. The molecule has 1 fully saturated rings. The lowest BCUT2D eigenvalue weighted by Crippen LogP contribution is -2.50. The van der Waals surface area contributed by atoms with Crippen LogP contribution in [-0.4, -0.2) is 60.3 Å². The number of hydrogen-bond donors (Lipinski definition) is 4. The van der Waals surface area contributed by atoms with Crippen LogP contribution in [0, 0.1) is 5.92 Å². The Bertz CT molecular complexity index is 656.